The van der Waals surface area contributed by atoms with Crippen LogP contribution in [0.3, 0.4) is 0 Å². The molecule has 2 N–H and O–H groups in total. The topological polar surface area (TPSA) is 43.8 Å². The predicted octanol–water partition coefficient (Wildman–Crippen LogP) is 2.41. The third-order valence-corrected chi connectivity index (χ3v) is 2.53. The van der Waals surface area contributed by atoms with Crippen molar-refractivity contribution >= 4 is 0 Å². The molecule has 2 rings (SSSR count). The van der Waals surface area contributed by atoms with Gasteiger partial charge in [-0.2, -0.15) is 18.3 Å². The molecule has 0 atom stereocenters. The van der Waals surface area contributed by atoms with Gasteiger partial charge >= 0.3 is 6.18 Å². The molecule has 1 heterocycles. The highest BCUT2D eigenvalue weighted by molar-refractivity contribution is 5.23. The number of hydrogen-bond acceptors (Lipinski definition) is 2. The van der Waals surface area contributed by atoms with Crippen LogP contribution in [0.1, 0.15) is 16.7 Å². The van der Waals surface area contributed by atoms with E-state index in [0.29, 0.717) is 13.1 Å². The fourth-order valence-corrected chi connectivity index (χ4v) is 1.64. The molecule has 0 bridgehead atoms. The summed E-state index contributed by atoms with van der Waals surface area (Å²) in [4.78, 5) is 0. The van der Waals surface area contributed by atoms with Crippen molar-refractivity contribution in [1.82, 2.24) is 9.78 Å². The van der Waals surface area contributed by atoms with Crippen LogP contribution in [0.25, 0.3) is 0 Å². The van der Waals surface area contributed by atoms with Gasteiger partial charge in [0.2, 0.25) is 0 Å². The maximum atomic E-state index is 12.4. The first-order valence-corrected chi connectivity index (χ1v) is 5.36. The molecule has 0 radical (unpaired) electrons. The molecule has 3 nitrogen and oxygen atoms in total. The van der Waals surface area contributed by atoms with Crippen LogP contribution in [0.15, 0.2) is 36.7 Å². The van der Waals surface area contributed by atoms with Gasteiger partial charge in [0.05, 0.1) is 18.3 Å². The molecule has 0 saturated heterocycles. The van der Waals surface area contributed by atoms with Gasteiger partial charge in [0, 0.05) is 12.7 Å². The van der Waals surface area contributed by atoms with Crippen LogP contribution in [0, 0.1) is 0 Å². The Kier molecular flexibility index (Phi) is 3.38. The lowest BCUT2D eigenvalue weighted by molar-refractivity contribution is -0.137. The molecule has 0 unspecified atom stereocenters. The third-order valence-electron chi connectivity index (χ3n) is 2.53. The monoisotopic (exact) mass is 255 g/mol. The molecule has 0 aliphatic heterocycles. The Labute approximate surface area is 102 Å². The summed E-state index contributed by atoms with van der Waals surface area (Å²) in [5, 5.41) is 3.70. The Morgan fingerprint density at radius 1 is 1.22 bits per heavy atom. The number of rotatable bonds is 3. The van der Waals surface area contributed by atoms with Gasteiger partial charge in [-0.15, -0.1) is 0 Å². The molecule has 6 heteroatoms. The molecule has 1 aromatic heterocycles. The van der Waals surface area contributed by atoms with E-state index >= 15 is 0 Å². The summed E-state index contributed by atoms with van der Waals surface area (Å²) in [6.07, 6.45) is -2.53. The van der Waals surface area contributed by atoms with Crippen LogP contribution >= 0.6 is 0 Å². The van der Waals surface area contributed by atoms with Crippen LogP contribution in [0.4, 0.5) is 13.2 Å². The number of nitrogens with two attached hydrogens (primary N) is 1. The van der Waals surface area contributed by atoms with Crippen molar-refractivity contribution in [3.63, 3.8) is 0 Å². The standard InChI is InChI=1S/C12H12F3N3/c13-12(14,15)11-6-17-18(8-11)7-10-3-1-2-9(4-10)5-16/h1-4,6,8H,5,7,16H2. The van der Waals surface area contributed by atoms with E-state index in [1.54, 1.807) is 0 Å². The second-order valence-corrected chi connectivity index (χ2v) is 3.95. The second kappa shape index (κ2) is 4.81. The zero-order valence-electron chi connectivity index (χ0n) is 9.48. The van der Waals surface area contributed by atoms with E-state index < -0.39 is 11.7 Å². The molecule has 0 spiro atoms. The average molecular weight is 255 g/mol. The van der Waals surface area contributed by atoms with Crippen molar-refractivity contribution in [2.24, 2.45) is 5.73 Å². The maximum Gasteiger partial charge on any atom is 0.419 e. The summed E-state index contributed by atoms with van der Waals surface area (Å²) in [5.74, 6) is 0. The molecule has 0 aliphatic carbocycles. The van der Waals surface area contributed by atoms with Crippen molar-refractivity contribution in [1.29, 1.82) is 0 Å². The fraction of sp³-hybridized carbons (Fsp3) is 0.250. The van der Waals surface area contributed by atoms with E-state index in [2.05, 4.69) is 5.10 Å². The highest BCUT2D eigenvalue weighted by Gasteiger charge is 2.32. The Morgan fingerprint density at radius 2 is 1.94 bits per heavy atom. The second-order valence-electron chi connectivity index (χ2n) is 3.95. The summed E-state index contributed by atoms with van der Waals surface area (Å²) in [6, 6.07) is 7.38. The van der Waals surface area contributed by atoms with Crippen molar-refractivity contribution in [2.75, 3.05) is 0 Å². The Morgan fingerprint density at radius 3 is 2.56 bits per heavy atom. The summed E-state index contributed by atoms with van der Waals surface area (Å²) in [5.41, 5.74) is 6.57. The highest BCUT2D eigenvalue weighted by Crippen LogP contribution is 2.28. The van der Waals surface area contributed by atoms with Gasteiger partial charge in [-0.25, -0.2) is 0 Å². The third kappa shape index (κ3) is 2.89. The van der Waals surface area contributed by atoms with Gasteiger partial charge in [-0.3, -0.25) is 4.68 Å². The SMILES string of the molecule is NCc1cccc(Cn2cc(C(F)(F)F)cn2)c1. The van der Waals surface area contributed by atoms with Crippen LogP contribution in [0.5, 0.6) is 0 Å². The minimum atomic E-state index is -4.35. The van der Waals surface area contributed by atoms with Gasteiger partial charge < -0.3 is 5.73 Å². The van der Waals surface area contributed by atoms with E-state index in [-0.39, 0.29) is 0 Å². The predicted molar refractivity (Wildman–Crippen MR) is 60.7 cm³/mol. The Balaban J connectivity index is 2.16. The highest BCUT2D eigenvalue weighted by atomic mass is 19.4. The Hall–Kier alpha value is -1.82. The van der Waals surface area contributed by atoms with Gasteiger partial charge in [0.1, 0.15) is 0 Å². The van der Waals surface area contributed by atoms with E-state index in [9.17, 15) is 13.2 Å². The molecule has 0 amide bonds. The summed E-state index contributed by atoms with van der Waals surface area (Å²) < 4.78 is 38.4. The van der Waals surface area contributed by atoms with Gasteiger partial charge in [0.15, 0.2) is 0 Å². The number of halogens is 3. The van der Waals surface area contributed by atoms with Gasteiger partial charge in [-0.05, 0) is 11.1 Å². The van der Waals surface area contributed by atoms with E-state index in [1.807, 2.05) is 24.3 Å². The molecular weight excluding hydrogens is 243 g/mol. The molecule has 18 heavy (non-hydrogen) atoms. The van der Waals surface area contributed by atoms with E-state index in [0.717, 1.165) is 23.5 Å². The lowest BCUT2D eigenvalue weighted by Gasteiger charge is -2.04. The molecule has 96 valence electrons. The lowest BCUT2D eigenvalue weighted by Crippen LogP contribution is -2.04. The molecule has 0 fully saturated rings. The van der Waals surface area contributed by atoms with Crippen molar-refractivity contribution < 1.29 is 13.2 Å². The van der Waals surface area contributed by atoms with Crippen molar-refractivity contribution in [3.05, 3.63) is 53.3 Å². The quantitative estimate of drug-likeness (QED) is 0.915. The average Bonchev–Trinajstić information content (AvgIpc) is 2.77. The summed E-state index contributed by atoms with van der Waals surface area (Å²) >= 11 is 0. The first-order valence-electron chi connectivity index (χ1n) is 5.36. The Bertz CT molecular complexity index is 531. The number of hydrogen-bond donors (Lipinski definition) is 1. The van der Waals surface area contributed by atoms with Gasteiger partial charge in [-0.1, -0.05) is 24.3 Å². The minimum absolute atomic E-state index is 0.296. The van der Waals surface area contributed by atoms with E-state index in [4.69, 9.17) is 5.73 Å². The molecule has 1 aromatic carbocycles. The van der Waals surface area contributed by atoms with Crippen molar-refractivity contribution in [2.45, 2.75) is 19.3 Å². The first-order chi connectivity index (χ1) is 8.49. The molecule has 0 aliphatic rings. The molecule has 0 saturated carbocycles. The molecule has 2 aromatic rings. The summed E-state index contributed by atoms with van der Waals surface area (Å²) in [6.45, 7) is 0.699. The maximum absolute atomic E-state index is 12.4. The normalized spacial score (nSPS) is 11.8. The van der Waals surface area contributed by atoms with Crippen LogP contribution < -0.4 is 5.73 Å². The van der Waals surface area contributed by atoms with Crippen LogP contribution in [-0.2, 0) is 19.3 Å². The zero-order valence-corrected chi connectivity index (χ0v) is 9.48. The smallest absolute Gasteiger partial charge is 0.326 e. The summed E-state index contributed by atoms with van der Waals surface area (Å²) in [7, 11) is 0. The zero-order chi connectivity index (χ0) is 13.2. The van der Waals surface area contributed by atoms with Crippen LogP contribution in [-0.4, -0.2) is 9.78 Å². The number of benzene rings is 1. The number of alkyl halides is 3. The van der Waals surface area contributed by atoms with Crippen molar-refractivity contribution in [3.8, 4) is 0 Å². The minimum Gasteiger partial charge on any atom is -0.326 e. The first kappa shape index (κ1) is 12.6. The lowest BCUT2D eigenvalue weighted by atomic mass is 10.1. The van der Waals surface area contributed by atoms with Crippen LogP contribution in [0.2, 0.25) is 0 Å². The van der Waals surface area contributed by atoms with E-state index in [1.165, 1.54) is 4.68 Å². The number of nitrogens with zero attached hydrogens (tertiary/aromatic N) is 2. The largest absolute Gasteiger partial charge is 0.419 e. The van der Waals surface area contributed by atoms with Gasteiger partial charge in [0.25, 0.3) is 0 Å². The fourth-order valence-electron chi connectivity index (χ4n) is 1.64. The number of aromatic nitrogens is 2. The molecular formula is C12H12F3N3.